The number of oxazole rings is 1. The van der Waals surface area contributed by atoms with Crippen molar-refractivity contribution >= 4 is 6.08 Å². The molecule has 0 aliphatic carbocycles. The number of nitrogens with zero attached hydrogens (tertiary/aromatic N) is 1. The van der Waals surface area contributed by atoms with Gasteiger partial charge in [-0.15, -0.1) is 6.58 Å². The van der Waals surface area contributed by atoms with E-state index in [0.717, 1.165) is 17.7 Å². The zero-order chi connectivity index (χ0) is 15.2. The van der Waals surface area contributed by atoms with Crippen molar-refractivity contribution in [1.29, 1.82) is 0 Å². The molecule has 20 heavy (non-hydrogen) atoms. The third-order valence-corrected chi connectivity index (χ3v) is 2.06. The van der Waals surface area contributed by atoms with Gasteiger partial charge in [-0.3, -0.25) is 0 Å². The zero-order valence-electron chi connectivity index (χ0n) is 13.0. The van der Waals surface area contributed by atoms with Crippen molar-refractivity contribution in [3.05, 3.63) is 61.0 Å². The average Bonchev–Trinajstić information content (AvgIpc) is 2.98. The van der Waals surface area contributed by atoms with Gasteiger partial charge < -0.3 is 4.42 Å². The first-order valence-corrected chi connectivity index (χ1v) is 7.06. The van der Waals surface area contributed by atoms with E-state index in [9.17, 15) is 0 Å². The van der Waals surface area contributed by atoms with Gasteiger partial charge in [0.2, 0.25) is 5.89 Å². The average molecular weight is 271 g/mol. The molecule has 0 atom stereocenters. The van der Waals surface area contributed by atoms with Crippen molar-refractivity contribution in [3.8, 4) is 11.5 Å². The molecule has 1 aromatic heterocycles. The van der Waals surface area contributed by atoms with Gasteiger partial charge in [0.15, 0.2) is 0 Å². The molecule has 0 radical (unpaired) electrons. The topological polar surface area (TPSA) is 26.0 Å². The number of aromatic nitrogens is 1. The van der Waals surface area contributed by atoms with Crippen LogP contribution >= 0.6 is 0 Å². The fraction of sp³-hybridized carbons (Fsp3) is 0.278. The predicted octanol–water partition coefficient (Wildman–Crippen LogP) is 5.98. The molecule has 0 aliphatic heterocycles. The summed E-state index contributed by atoms with van der Waals surface area (Å²) in [7, 11) is 0. The van der Waals surface area contributed by atoms with Gasteiger partial charge in [0.1, 0.15) is 5.76 Å². The molecule has 2 rings (SSSR count). The highest BCUT2D eigenvalue weighted by molar-refractivity contribution is 5.54. The van der Waals surface area contributed by atoms with Gasteiger partial charge >= 0.3 is 0 Å². The summed E-state index contributed by atoms with van der Waals surface area (Å²) in [4.78, 5) is 4.22. The van der Waals surface area contributed by atoms with Gasteiger partial charge in [-0.05, 0) is 31.6 Å². The first kappa shape index (κ1) is 17.9. The summed E-state index contributed by atoms with van der Waals surface area (Å²) in [6.07, 6.45) is 8.49. The molecule has 0 amide bonds. The van der Waals surface area contributed by atoms with Crippen molar-refractivity contribution in [2.75, 3.05) is 0 Å². The van der Waals surface area contributed by atoms with E-state index in [4.69, 9.17) is 4.42 Å². The summed E-state index contributed by atoms with van der Waals surface area (Å²) in [5.41, 5.74) is 1.01. The van der Waals surface area contributed by atoms with E-state index in [1.807, 2.05) is 57.2 Å². The first-order valence-electron chi connectivity index (χ1n) is 7.06. The van der Waals surface area contributed by atoms with Gasteiger partial charge in [0, 0.05) is 5.56 Å². The van der Waals surface area contributed by atoms with Crippen LogP contribution in [-0.2, 0) is 0 Å². The maximum Gasteiger partial charge on any atom is 0.226 e. The fourth-order valence-corrected chi connectivity index (χ4v) is 1.31. The van der Waals surface area contributed by atoms with E-state index in [0.29, 0.717) is 5.89 Å². The molecule has 0 bridgehead atoms. The number of hydrogen-bond donors (Lipinski definition) is 0. The molecule has 0 fully saturated rings. The lowest BCUT2D eigenvalue weighted by atomic mass is 10.2. The molecule has 0 N–H and O–H groups in total. The molecule has 2 heteroatoms. The lowest BCUT2D eigenvalue weighted by Gasteiger charge is -1.92. The second-order valence-corrected chi connectivity index (χ2v) is 3.65. The first-order chi connectivity index (χ1) is 9.81. The molecule has 2 nitrogen and oxygen atoms in total. The van der Waals surface area contributed by atoms with Gasteiger partial charge in [-0.1, -0.05) is 51.1 Å². The SMILES string of the molecule is C=CC.CC.CC/C=C/c1cnc(-c2ccccc2)o1. The summed E-state index contributed by atoms with van der Waals surface area (Å²) >= 11 is 0. The van der Waals surface area contributed by atoms with E-state index in [2.05, 4.69) is 24.6 Å². The normalized spacial score (nSPS) is 9.20. The van der Waals surface area contributed by atoms with Crippen molar-refractivity contribution in [3.63, 3.8) is 0 Å². The quantitative estimate of drug-likeness (QED) is 0.641. The Balaban J connectivity index is 0.000000641. The highest BCUT2D eigenvalue weighted by Crippen LogP contribution is 2.19. The molecule has 2 aromatic rings. The summed E-state index contributed by atoms with van der Waals surface area (Å²) in [6.45, 7) is 11.3. The highest BCUT2D eigenvalue weighted by Gasteiger charge is 2.02. The van der Waals surface area contributed by atoms with Gasteiger partial charge in [0.05, 0.1) is 6.20 Å². The Kier molecular flexibility index (Phi) is 10.7. The van der Waals surface area contributed by atoms with Crippen molar-refractivity contribution in [1.82, 2.24) is 4.98 Å². The van der Waals surface area contributed by atoms with Crippen LogP contribution in [-0.4, -0.2) is 4.98 Å². The van der Waals surface area contributed by atoms with Crippen LogP contribution in [0.1, 0.15) is 39.9 Å². The Morgan fingerprint density at radius 2 is 1.80 bits per heavy atom. The maximum atomic E-state index is 5.57. The van der Waals surface area contributed by atoms with Crippen LogP contribution in [0, 0.1) is 0 Å². The van der Waals surface area contributed by atoms with Crippen LogP contribution < -0.4 is 0 Å². The fourth-order valence-electron chi connectivity index (χ4n) is 1.31. The van der Waals surface area contributed by atoms with Crippen molar-refractivity contribution in [2.24, 2.45) is 0 Å². The maximum absolute atomic E-state index is 5.57. The third-order valence-electron chi connectivity index (χ3n) is 2.06. The molecular formula is C18H25NO. The third kappa shape index (κ3) is 6.74. The summed E-state index contributed by atoms with van der Waals surface area (Å²) < 4.78 is 5.57. The number of hydrogen-bond acceptors (Lipinski definition) is 2. The minimum Gasteiger partial charge on any atom is -0.437 e. The largest absolute Gasteiger partial charge is 0.437 e. The lowest BCUT2D eigenvalue weighted by Crippen LogP contribution is -1.73. The Morgan fingerprint density at radius 1 is 1.20 bits per heavy atom. The molecule has 108 valence electrons. The van der Waals surface area contributed by atoms with E-state index in [1.54, 1.807) is 12.3 Å². The van der Waals surface area contributed by atoms with Crippen LogP contribution in [0.2, 0.25) is 0 Å². The van der Waals surface area contributed by atoms with Crippen LogP contribution in [0.25, 0.3) is 17.5 Å². The van der Waals surface area contributed by atoms with Crippen LogP contribution in [0.3, 0.4) is 0 Å². The monoisotopic (exact) mass is 271 g/mol. The number of benzene rings is 1. The molecule has 0 aliphatic rings. The van der Waals surface area contributed by atoms with Gasteiger partial charge in [-0.25, -0.2) is 4.98 Å². The van der Waals surface area contributed by atoms with Crippen LogP contribution in [0.5, 0.6) is 0 Å². The Morgan fingerprint density at radius 3 is 2.35 bits per heavy atom. The highest BCUT2D eigenvalue weighted by atomic mass is 16.4. The molecule has 0 spiro atoms. The Hall–Kier alpha value is -2.09. The predicted molar refractivity (Wildman–Crippen MR) is 88.5 cm³/mol. The minimum atomic E-state index is 0.673. The van der Waals surface area contributed by atoms with Crippen LogP contribution in [0.15, 0.2) is 59.7 Å². The lowest BCUT2D eigenvalue weighted by molar-refractivity contribution is 0.564. The van der Waals surface area contributed by atoms with Crippen molar-refractivity contribution < 1.29 is 4.42 Å². The van der Waals surface area contributed by atoms with Crippen LogP contribution in [0.4, 0.5) is 0 Å². The van der Waals surface area contributed by atoms with E-state index >= 15 is 0 Å². The number of rotatable bonds is 3. The molecule has 0 saturated carbocycles. The van der Waals surface area contributed by atoms with E-state index < -0.39 is 0 Å². The second kappa shape index (κ2) is 12.0. The van der Waals surface area contributed by atoms with E-state index in [-0.39, 0.29) is 0 Å². The van der Waals surface area contributed by atoms with Gasteiger partial charge in [-0.2, -0.15) is 0 Å². The van der Waals surface area contributed by atoms with E-state index in [1.165, 1.54) is 0 Å². The second-order valence-electron chi connectivity index (χ2n) is 3.65. The number of allylic oxidation sites excluding steroid dienone is 2. The molecular weight excluding hydrogens is 246 g/mol. The molecule has 0 unspecified atom stereocenters. The minimum absolute atomic E-state index is 0.673. The standard InChI is InChI=1S/C13H13NO.C3H6.C2H6/c1-2-3-9-12-10-14-13(15-12)11-7-5-4-6-8-11;1-3-2;1-2/h3-10H,2H2,1H3;3H,1H2,2H3;1-2H3/b9-3+;;. The summed E-state index contributed by atoms with van der Waals surface area (Å²) in [5, 5.41) is 0. The zero-order valence-corrected chi connectivity index (χ0v) is 13.0. The molecule has 1 aromatic carbocycles. The van der Waals surface area contributed by atoms with Gasteiger partial charge in [0.25, 0.3) is 0 Å². The Bertz CT molecular complexity index is 483. The Labute approximate surface area is 122 Å². The summed E-state index contributed by atoms with van der Waals surface area (Å²) in [5.74, 6) is 1.47. The molecule has 0 saturated heterocycles. The smallest absolute Gasteiger partial charge is 0.226 e. The summed E-state index contributed by atoms with van der Waals surface area (Å²) in [6, 6.07) is 9.89. The molecule has 1 heterocycles. The van der Waals surface area contributed by atoms with Crippen molar-refractivity contribution in [2.45, 2.75) is 34.1 Å².